The molecule has 0 fully saturated rings. The lowest BCUT2D eigenvalue weighted by Crippen LogP contribution is -2.15. The van der Waals surface area contributed by atoms with Gasteiger partial charge in [-0.3, -0.25) is 4.98 Å². The topological polar surface area (TPSA) is 85.7 Å². The molecule has 2 heterocycles. The van der Waals surface area contributed by atoms with Crippen LogP contribution in [0.15, 0.2) is 60.9 Å². The maximum atomic E-state index is 11.2. The van der Waals surface area contributed by atoms with Gasteiger partial charge in [0.15, 0.2) is 11.5 Å². The zero-order valence-corrected chi connectivity index (χ0v) is 18.4. The first-order chi connectivity index (χ1) is 15.6. The molecule has 164 valence electrons. The molecule has 0 radical (unpaired) electrons. The van der Waals surface area contributed by atoms with E-state index in [1.807, 2.05) is 55.5 Å². The fourth-order valence-corrected chi connectivity index (χ4v) is 3.82. The van der Waals surface area contributed by atoms with Crippen LogP contribution >= 0.6 is 0 Å². The maximum absolute atomic E-state index is 11.2. The minimum atomic E-state index is -0.509. The van der Waals surface area contributed by atoms with Crippen LogP contribution in [-0.2, 0) is 0 Å². The van der Waals surface area contributed by atoms with Crippen molar-refractivity contribution in [2.45, 2.75) is 13.0 Å². The number of hydrogen-bond donors (Lipinski definition) is 2. The van der Waals surface area contributed by atoms with Crippen molar-refractivity contribution < 1.29 is 19.3 Å². The number of nitrogens with zero attached hydrogens (tertiary/aromatic N) is 2. The van der Waals surface area contributed by atoms with Crippen molar-refractivity contribution >= 4 is 16.7 Å². The third-order valence-electron chi connectivity index (χ3n) is 5.34. The smallest absolute Gasteiger partial charge is 0.203 e. The fourth-order valence-electron chi connectivity index (χ4n) is 3.82. The number of aromatic nitrogens is 2. The van der Waals surface area contributed by atoms with E-state index >= 15 is 0 Å². The summed E-state index contributed by atoms with van der Waals surface area (Å²) in [6.45, 7) is 2.00. The van der Waals surface area contributed by atoms with Gasteiger partial charge in [-0.15, -0.1) is 0 Å². The van der Waals surface area contributed by atoms with E-state index in [4.69, 9.17) is 14.2 Å². The molecule has 2 aromatic carbocycles. The van der Waals surface area contributed by atoms with Crippen LogP contribution in [-0.4, -0.2) is 36.4 Å². The van der Waals surface area contributed by atoms with Gasteiger partial charge in [0.05, 0.1) is 27.4 Å². The van der Waals surface area contributed by atoms with Crippen LogP contribution in [0.25, 0.3) is 10.9 Å². The predicted molar refractivity (Wildman–Crippen MR) is 124 cm³/mol. The Bertz CT molecular complexity index is 1260. The Morgan fingerprint density at radius 3 is 2.34 bits per heavy atom. The molecule has 1 atom stereocenters. The van der Waals surface area contributed by atoms with Crippen LogP contribution in [0, 0.1) is 6.92 Å². The van der Waals surface area contributed by atoms with Crippen LogP contribution in [0.4, 0.5) is 5.82 Å². The van der Waals surface area contributed by atoms with Crippen LogP contribution in [0.5, 0.6) is 23.0 Å². The summed E-state index contributed by atoms with van der Waals surface area (Å²) >= 11 is 0. The molecule has 0 unspecified atom stereocenters. The van der Waals surface area contributed by atoms with Crippen molar-refractivity contribution in [3.05, 3.63) is 77.6 Å². The summed E-state index contributed by atoms with van der Waals surface area (Å²) in [6, 6.07) is 14.6. The first-order valence-corrected chi connectivity index (χ1v) is 10.1. The molecule has 0 aliphatic carbocycles. The van der Waals surface area contributed by atoms with Crippen LogP contribution < -0.4 is 19.5 Å². The van der Waals surface area contributed by atoms with Gasteiger partial charge in [0.1, 0.15) is 17.1 Å². The third-order valence-corrected chi connectivity index (χ3v) is 5.34. The molecule has 0 spiro atoms. The molecule has 0 aliphatic heterocycles. The first-order valence-electron chi connectivity index (χ1n) is 10.1. The second kappa shape index (κ2) is 9.01. The highest BCUT2D eigenvalue weighted by molar-refractivity contribution is 5.86. The van der Waals surface area contributed by atoms with Gasteiger partial charge in [0.25, 0.3) is 0 Å². The molecule has 0 saturated carbocycles. The number of nitrogens with one attached hydrogen (secondary N) is 1. The molecule has 0 aliphatic rings. The van der Waals surface area contributed by atoms with Crippen LogP contribution in [0.1, 0.15) is 22.7 Å². The number of fused-ring (bicyclic) bond motifs is 1. The predicted octanol–water partition coefficient (Wildman–Crippen LogP) is 4.87. The Balaban J connectivity index is 1.94. The second-order valence-electron chi connectivity index (χ2n) is 7.30. The van der Waals surface area contributed by atoms with E-state index in [0.717, 1.165) is 16.5 Å². The highest BCUT2D eigenvalue weighted by Gasteiger charge is 2.27. The van der Waals surface area contributed by atoms with E-state index in [1.54, 1.807) is 33.7 Å². The Kier molecular flexibility index (Phi) is 5.98. The number of methoxy groups -OCH3 is 3. The molecule has 7 nitrogen and oxygen atoms in total. The molecule has 32 heavy (non-hydrogen) atoms. The van der Waals surface area contributed by atoms with Gasteiger partial charge in [-0.2, -0.15) is 0 Å². The van der Waals surface area contributed by atoms with Crippen molar-refractivity contribution in [1.82, 2.24) is 9.97 Å². The number of aryl methyl sites for hydroxylation is 1. The number of aromatic hydroxyl groups is 1. The zero-order chi connectivity index (χ0) is 22.7. The second-order valence-corrected chi connectivity index (χ2v) is 7.30. The van der Waals surface area contributed by atoms with Crippen molar-refractivity contribution in [2.24, 2.45) is 0 Å². The molecule has 2 aromatic heterocycles. The molecule has 0 bridgehead atoms. The third kappa shape index (κ3) is 3.85. The highest BCUT2D eigenvalue weighted by atomic mass is 16.5. The molecular formula is C25H25N3O4. The summed E-state index contributed by atoms with van der Waals surface area (Å²) in [5.41, 5.74) is 2.96. The molecule has 2 N–H and O–H groups in total. The van der Waals surface area contributed by atoms with Crippen molar-refractivity contribution in [2.75, 3.05) is 26.6 Å². The Morgan fingerprint density at radius 2 is 1.62 bits per heavy atom. The minimum absolute atomic E-state index is 0.0880. The largest absolute Gasteiger partial charge is 0.505 e. The van der Waals surface area contributed by atoms with Gasteiger partial charge in [0, 0.05) is 28.9 Å². The van der Waals surface area contributed by atoms with E-state index in [0.29, 0.717) is 34.1 Å². The van der Waals surface area contributed by atoms with Gasteiger partial charge >= 0.3 is 0 Å². The molecule has 4 rings (SSSR count). The molecule has 7 heteroatoms. The quantitative estimate of drug-likeness (QED) is 0.432. The van der Waals surface area contributed by atoms with E-state index < -0.39 is 6.04 Å². The number of phenols is 1. The average Bonchev–Trinajstić information content (AvgIpc) is 2.82. The molecule has 0 amide bonds. The number of phenolic OH excluding ortho intramolecular Hbond substituents is 1. The molecule has 4 aromatic rings. The van der Waals surface area contributed by atoms with Gasteiger partial charge in [0.2, 0.25) is 5.75 Å². The Hall–Kier alpha value is -4.00. The van der Waals surface area contributed by atoms with Gasteiger partial charge in [-0.1, -0.05) is 18.2 Å². The van der Waals surface area contributed by atoms with Crippen molar-refractivity contribution in [3.8, 4) is 23.0 Å². The summed E-state index contributed by atoms with van der Waals surface area (Å²) in [7, 11) is 4.71. The van der Waals surface area contributed by atoms with E-state index in [1.165, 1.54) is 0 Å². The zero-order valence-electron chi connectivity index (χ0n) is 18.4. The summed E-state index contributed by atoms with van der Waals surface area (Å²) in [5, 5.41) is 15.5. The number of pyridine rings is 2. The van der Waals surface area contributed by atoms with Crippen molar-refractivity contribution in [3.63, 3.8) is 0 Å². The molecule has 0 saturated heterocycles. The number of ether oxygens (including phenoxy) is 3. The molecular weight excluding hydrogens is 406 g/mol. The summed E-state index contributed by atoms with van der Waals surface area (Å²) in [4.78, 5) is 8.82. The summed E-state index contributed by atoms with van der Waals surface area (Å²) < 4.78 is 16.8. The lowest BCUT2D eigenvalue weighted by atomic mass is 9.94. The first kappa shape index (κ1) is 21.2. The Morgan fingerprint density at radius 1 is 0.844 bits per heavy atom. The van der Waals surface area contributed by atoms with Gasteiger partial charge in [-0.05, 0) is 42.8 Å². The Labute approximate surface area is 186 Å². The average molecular weight is 431 g/mol. The SMILES string of the molecule is COc1ccc([C@@H](Nc2cc(C)ccn2)c2ccc3cccnc3c2O)c(OC)c1OC. The number of benzene rings is 2. The fraction of sp³-hybridized carbons (Fsp3) is 0.200. The van der Waals surface area contributed by atoms with Gasteiger partial charge in [-0.25, -0.2) is 4.98 Å². The number of anilines is 1. The standard InChI is InChI=1S/C25H25N3O4/c1-15-11-13-26-20(14-15)28-22(17-8-7-16-6-5-12-27-21(16)23(17)29)18-9-10-19(30-2)25(32-4)24(18)31-3/h5-14,22,29H,1-4H3,(H,26,28)/t22-/m0/s1. The lowest BCUT2D eigenvalue weighted by molar-refractivity contribution is 0.321. The van der Waals surface area contributed by atoms with Crippen LogP contribution in [0.2, 0.25) is 0 Å². The lowest BCUT2D eigenvalue weighted by Gasteiger charge is -2.25. The van der Waals surface area contributed by atoms with Crippen LogP contribution in [0.3, 0.4) is 0 Å². The number of hydrogen-bond acceptors (Lipinski definition) is 7. The summed E-state index contributed by atoms with van der Waals surface area (Å²) in [6.07, 6.45) is 3.40. The van der Waals surface area contributed by atoms with E-state index in [2.05, 4.69) is 15.3 Å². The van der Waals surface area contributed by atoms with Gasteiger partial charge < -0.3 is 24.6 Å². The normalized spacial score (nSPS) is 11.8. The maximum Gasteiger partial charge on any atom is 0.203 e. The highest BCUT2D eigenvalue weighted by Crippen LogP contribution is 2.46. The van der Waals surface area contributed by atoms with Crippen molar-refractivity contribution in [1.29, 1.82) is 0 Å². The number of rotatable bonds is 7. The van der Waals surface area contributed by atoms with E-state index in [-0.39, 0.29) is 5.75 Å². The minimum Gasteiger partial charge on any atom is -0.505 e. The summed E-state index contributed by atoms with van der Waals surface area (Å²) in [5.74, 6) is 2.26. The monoisotopic (exact) mass is 431 g/mol. The van der Waals surface area contributed by atoms with E-state index in [9.17, 15) is 5.11 Å².